The Hall–Kier alpha value is -1.12. The number of rotatable bonds is 4. The van der Waals surface area contributed by atoms with Crippen LogP contribution in [0.2, 0.25) is 0 Å². The Morgan fingerprint density at radius 3 is 2.48 bits per heavy atom. The molecule has 2 saturated carbocycles. The highest BCUT2D eigenvalue weighted by atomic mass is 19.2. The summed E-state index contributed by atoms with van der Waals surface area (Å²) in [6, 6.07) is 3.34. The number of hydrogen-bond donors (Lipinski definition) is 0. The fourth-order valence-corrected chi connectivity index (χ4v) is 4.71. The highest BCUT2D eigenvalue weighted by Crippen LogP contribution is 2.55. The molecular weight excluding hydrogens is 270 g/mol. The van der Waals surface area contributed by atoms with Gasteiger partial charge in [-0.2, -0.15) is 4.39 Å². The van der Waals surface area contributed by atoms with E-state index in [0.29, 0.717) is 24.0 Å². The van der Waals surface area contributed by atoms with Gasteiger partial charge in [0.1, 0.15) is 0 Å². The summed E-state index contributed by atoms with van der Waals surface area (Å²) in [4.78, 5) is 0. The topological polar surface area (TPSA) is 9.23 Å². The molecule has 0 saturated heterocycles. The molecule has 0 heterocycles. The lowest BCUT2D eigenvalue weighted by Gasteiger charge is -2.21. The first-order valence-electron chi connectivity index (χ1n) is 8.28. The minimum Gasteiger partial charge on any atom is -0.491 e. The maximum Gasteiger partial charge on any atom is 0.200 e. The van der Waals surface area contributed by atoms with E-state index in [1.807, 2.05) is 0 Å². The van der Waals surface area contributed by atoms with Crippen LogP contribution in [-0.2, 0) is 0 Å². The van der Waals surface area contributed by atoms with Crippen LogP contribution in [-0.4, -0.2) is 6.61 Å². The van der Waals surface area contributed by atoms with Crippen LogP contribution in [0.3, 0.4) is 0 Å². The van der Waals surface area contributed by atoms with Gasteiger partial charge in [0.25, 0.3) is 0 Å². The minimum atomic E-state index is -0.817. The molecule has 4 unspecified atom stereocenters. The van der Waals surface area contributed by atoms with Gasteiger partial charge in [-0.3, -0.25) is 0 Å². The third-order valence-corrected chi connectivity index (χ3v) is 5.65. The summed E-state index contributed by atoms with van der Waals surface area (Å²) in [5.74, 6) is 0.767. The molecule has 0 aromatic heterocycles. The Morgan fingerprint density at radius 2 is 1.76 bits per heavy atom. The van der Waals surface area contributed by atoms with Crippen LogP contribution < -0.4 is 4.74 Å². The lowest BCUT2D eigenvalue weighted by atomic mass is 9.84. The summed E-state index contributed by atoms with van der Waals surface area (Å²) in [5, 5.41) is 0. The van der Waals surface area contributed by atoms with Gasteiger partial charge in [-0.05, 0) is 67.9 Å². The van der Waals surface area contributed by atoms with E-state index in [9.17, 15) is 8.78 Å². The molecule has 0 radical (unpaired) electrons. The summed E-state index contributed by atoms with van der Waals surface area (Å²) in [6.07, 6.45) is 5.80. The SMILES string of the molecule is CCOc1ccc(C2CCC3C(CC)CCC23)c(F)c1F. The molecule has 1 aromatic carbocycles. The van der Waals surface area contributed by atoms with Crippen LogP contribution in [0, 0.1) is 29.4 Å². The quantitative estimate of drug-likeness (QED) is 0.733. The van der Waals surface area contributed by atoms with Crippen LogP contribution in [0.4, 0.5) is 8.78 Å². The van der Waals surface area contributed by atoms with Crippen LogP contribution >= 0.6 is 0 Å². The average molecular weight is 294 g/mol. The van der Waals surface area contributed by atoms with Gasteiger partial charge in [0.2, 0.25) is 5.82 Å². The number of hydrogen-bond acceptors (Lipinski definition) is 1. The molecule has 1 aromatic rings. The Labute approximate surface area is 125 Å². The monoisotopic (exact) mass is 294 g/mol. The molecule has 0 aliphatic heterocycles. The first-order valence-corrected chi connectivity index (χ1v) is 8.28. The second-order valence-corrected chi connectivity index (χ2v) is 6.47. The summed E-state index contributed by atoms with van der Waals surface area (Å²) in [6.45, 7) is 4.37. The van der Waals surface area contributed by atoms with Gasteiger partial charge in [-0.1, -0.05) is 19.4 Å². The van der Waals surface area contributed by atoms with Crippen molar-refractivity contribution < 1.29 is 13.5 Å². The van der Waals surface area contributed by atoms with E-state index in [4.69, 9.17) is 4.74 Å². The molecule has 0 amide bonds. The summed E-state index contributed by atoms with van der Waals surface area (Å²) < 4.78 is 33.6. The molecule has 3 rings (SSSR count). The molecule has 0 spiro atoms. The first kappa shape index (κ1) is 14.8. The first-order chi connectivity index (χ1) is 10.2. The molecular formula is C18H24F2O. The molecule has 1 nitrogen and oxygen atoms in total. The third kappa shape index (κ3) is 2.45. The molecule has 2 aliphatic carbocycles. The van der Waals surface area contributed by atoms with Gasteiger partial charge in [0, 0.05) is 0 Å². The van der Waals surface area contributed by atoms with E-state index in [1.165, 1.54) is 25.7 Å². The zero-order chi connectivity index (χ0) is 15.0. The molecule has 2 fully saturated rings. The van der Waals surface area contributed by atoms with Crippen molar-refractivity contribution in [3.05, 3.63) is 29.3 Å². The van der Waals surface area contributed by atoms with Gasteiger partial charge in [-0.15, -0.1) is 0 Å². The maximum absolute atomic E-state index is 14.4. The van der Waals surface area contributed by atoms with E-state index in [1.54, 1.807) is 19.1 Å². The van der Waals surface area contributed by atoms with Crippen molar-refractivity contribution in [1.29, 1.82) is 0 Å². The maximum atomic E-state index is 14.4. The van der Waals surface area contributed by atoms with E-state index < -0.39 is 11.6 Å². The highest BCUT2D eigenvalue weighted by molar-refractivity contribution is 5.34. The Balaban J connectivity index is 1.87. The number of halogens is 2. The van der Waals surface area contributed by atoms with E-state index in [2.05, 4.69) is 6.92 Å². The second-order valence-electron chi connectivity index (χ2n) is 6.47. The van der Waals surface area contributed by atoms with E-state index in [0.717, 1.165) is 12.3 Å². The molecule has 21 heavy (non-hydrogen) atoms. The summed E-state index contributed by atoms with van der Waals surface area (Å²) in [7, 11) is 0. The summed E-state index contributed by atoms with van der Waals surface area (Å²) in [5.41, 5.74) is 0.570. The van der Waals surface area contributed by atoms with Gasteiger partial charge < -0.3 is 4.74 Å². The standard InChI is InChI=1S/C18H24F2O/c1-3-11-5-6-13-12(11)7-8-14(13)15-9-10-16(21-4-2)18(20)17(15)19/h9-14H,3-8H2,1-2H3. The zero-order valence-electron chi connectivity index (χ0n) is 12.9. The fourth-order valence-electron chi connectivity index (χ4n) is 4.71. The number of ether oxygens (including phenoxy) is 1. The van der Waals surface area contributed by atoms with Crippen molar-refractivity contribution in [1.82, 2.24) is 0 Å². The van der Waals surface area contributed by atoms with Crippen LogP contribution in [0.15, 0.2) is 12.1 Å². The van der Waals surface area contributed by atoms with Crippen molar-refractivity contribution in [3.8, 4) is 5.75 Å². The number of fused-ring (bicyclic) bond motifs is 1. The lowest BCUT2D eigenvalue weighted by Crippen LogP contribution is -2.13. The van der Waals surface area contributed by atoms with Gasteiger partial charge in [0.15, 0.2) is 11.6 Å². The third-order valence-electron chi connectivity index (χ3n) is 5.65. The van der Waals surface area contributed by atoms with Crippen molar-refractivity contribution in [2.45, 2.75) is 51.9 Å². The lowest BCUT2D eigenvalue weighted by molar-refractivity contribution is 0.310. The van der Waals surface area contributed by atoms with Crippen molar-refractivity contribution >= 4 is 0 Å². The highest BCUT2D eigenvalue weighted by Gasteiger charge is 2.45. The van der Waals surface area contributed by atoms with E-state index in [-0.39, 0.29) is 11.7 Å². The van der Waals surface area contributed by atoms with Crippen molar-refractivity contribution in [2.24, 2.45) is 17.8 Å². The average Bonchev–Trinajstić information content (AvgIpc) is 3.06. The number of benzene rings is 1. The van der Waals surface area contributed by atoms with Crippen LogP contribution in [0.25, 0.3) is 0 Å². The molecule has 2 aliphatic rings. The smallest absolute Gasteiger partial charge is 0.200 e. The molecule has 116 valence electrons. The van der Waals surface area contributed by atoms with Crippen molar-refractivity contribution in [3.63, 3.8) is 0 Å². The Bertz CT molecular complexity index is 514. The van der Waals surface area contributed by atoms with Gasteiger partial charge >= 0.3 is 0 Å². The van der Waals surface area contributed by atoms with Crippen LogP contribution in [0.5, 0.6) is 5.75 Å². The molecule has 0 N–H and O–H groups in total. The summed E-state index contributed by atoms with van der Waals surface area (Å²) >= 11 is 0. The van der Waals surface area contributed by atoms with Gasteiger partial charge in [0.05, 0.1) is 6.61 Å². The molecule has 4 atom stereocenters. The van der Waals surface area contributed by atoms with Gasteiger partial charge in [-0.25, -0.2) is 4.39 Å². The Kier molecular flexibility index (Phi) is 4.19. The molecule has 3 heteroatoms. The van der Waals surface area contributed by atoms with Crippen LogP contribution in [0.1, 0.15) is 57.4 Å². The predicted octanol–water partition coefficient (Wildman–Crippen LogP) is 5.29. The zero-order valence-corrected chi connectivity index (χ0v) is 12.9. The predicted molar refractivity (Wildman–Crippen MR) is 79.5 cm³/mol. The Morgan fingerprint density at radius 1 is 1.00 bits per heavy atom. The van der Waals surface area contributed by atoms with Crippen molar-refractivity contribution in [2.75, 3.05) is 6.61 Å². The normalized spacial score (nSPS) is 31.4. The second kappa shape index (κ2) is 5.94. The fraction of sp³-hybridized carbons (Fsp3) is 0.667. The molecule has 0 bridgehead atoms. The largest absolute Gasteiger partial charge is 0.491 e. The minimum absolute atomic E-state index is 0.0335. The van der Waals surface area contributed by atoms with E-state index >= 15 is 0 Å².